The van der Waals surface area contributed by atoms with Gasteiger partial charge in [-0.2, -0.15) is 0 Å². The average molecular weight is 448 g/mol. The monoisotopic (exact) mass is 448 g/mol. The summed E-state index contributed by atoms with van der Waals surface area (Å²) in [6.45, 7) is 0.537. The van der Waals surface area contributed by atoms with Crippen molar-refractivity contribution in [2.75, 3.05) is 18.4 Å². The van der Waals surface area contributed by atoms with Crippen LogP contribution in [0.4, 0.5) is 10.1 Å². The van der Waals surface area contributed by atoms with Gasteiger partial charge >= 0.3 is 0 Å². The van der Waals surface area contributed by atoms with Crippen molar-refractivity contribution in [2.45, 2.75) is 6.42 Å². The number of halogens is 2. The van der Waals surface area contributed by atoms with Gasteiger partial charge in [-0.25, -0.2) is 9.38 Å². The van der Waals surface area contributed by atoms with Gasteiger partial charge in [-0.05, 0) is 36.1 Å². The number of benzene rings is 1. The zero-order valence-corrected chi connectivity index (χ0v) is 15.4. The Balaban J connectivity index is 0.00000264. The predicted molar refractivity (Wildman–Crippen MR) is 103 cm³/mol. The van der Waals surface area contributed by atoms with Crippen molar-refractivity contribution in [1.29, 1.82) is 0 Å². The van der Waals surface area contributed by atoms with Gasteiger partial charge in [-0.3, -0.25) is 4.79 Å². The van der Waals surface area contributed by atoms with Crippen molar-refractivity contribution < 1.29 is 9.18 Å². The molecular formula is C15H18FIN4OS. The van der Waals surface area contributed by atoms with E-state index in [-0.39, 0.29) is 42.4 Å². The molecule has 2 aromatic rings. The highest BCUT2D eigenvalue weighted by Gasteiger charge is 2.02. The molecule has 0 aliphatic carbocycles. The van der Waals surface area contributed by atoms with Gasteiger partial charge in [0, 0.05) is 17.1 Å². The van der Waals surface area contributed by atoms with Gasteiger partial charge in [0.05, 0.1) is 0 Å². The van der Waals surface area contributed by atoms with E-state index in [1.54, 1.807) is 17.4 Å². The van der Waals surface area contributed by atoms with Gasteiger partial charge in [-0.1, -0.05) is 12.1 Å². The highest BCUT2D eigenvalue weighted by Crippen LogP contribution is 2.09. The molecular weight excluding hydrogens is 430 g/mol. The van der Waals surface area contributed by atoms with Crippen LogP contribution in [0.15, 0.2) is 46.8 Å². The Kier molecular flexibility index (Phi) is 8.56. The Morgan fingerprint density at radius 2 is 2.13 bits per heavy atom. The normalized spacial score (nSPS) is 10.7. The van der Waals surface area contributed by atoms with Gasteiger partial charge < -0.3 is 16.4 Å². The number of aliphatic imine (C=N–C) groups is 1. The number of carbonyl (C=O) groups is 1. The van der Waals surface area contributed by atoms with Crippen molar-refractivity contribution in [3.8, 4) is 0 Å². The number of anilines is 1. The molecule has 0 atom stereocenters. The van der Waals surface area contributed by atoms with Crippen molar-refractivity contribution in [1.82, 2.24) is 5.32 Å². The molecule has 0 aliphatic heterocycles. The van der Waals surface area contributed by atoms with Crippen molar-refractivity contribution in [3.63, 3.8) is 0 Å². The topological polar surface area (TPSA) is 79.5 Å². The lowest BCUT2D eigenvalue weighted by Crippen LogP contribution is -2.34. The van der Waals surface area contributed by atoms with Crippen LogP contribution in [0.2, 0.25) is 0 Å². The molecule has 0 spiro atoms. The van der Waals surface area contributed by atoms with Crippen LogP contribution in [-0.2, 0) is 11.2 Å². The van der Waals surface area contributed by atoms with Gasteiger partial charge in [0.1, 0.15) is 12.4 Å². The summed E-state index contributed by atoms with van der Waals surface area (Å²) < 4.78 is 13.0. The first-order valence-electron chi connectivity index (χ1n) is 6.75. The van der Waals surface area contributed by atoms with E-state index in [9.17, 15) is 9.18 Å². The van der Waals surface area contributed by atoms with Gasteiger partial charge in [-0.15, -0.1) is 35.3 Å². The summed E-state index contributed by atoms with van der Waals surface area (Å²) in [6.07, 6.45) is 0.851. The summed E-state index contributed by atoms with van der Waals surface area (Å²) >= 11 is 1.68. The molecule has 0 saturated carbocycles. The number of hydrogen-bond donors (Lipinski definition) is 3. The van der Waals surface area contributed by atoms with Crippen LogP contribution < -0.4 is 16.4 Å². The van der Waals surface area contributed by atoms with Gasteiger partial charge in [0.15, 0.2) is 5.96 Å². The zero-order valence-electron chi connectivity index (χ0n) is 12.3. The minimum atomic E-state index is -0.406. The molecule has 1 heterocycles. The third-order valence-electron chi connectivity index (χ3n) is 2.76. The van der Waals surface area contributed by atoms with Crippen LogP contribution in [0.25, 0.3) is 0 Å². The second-order valence-corrected chi connectivity index (χ2v) is 5.55. The Morgan fingerprint density at radius 3 is 2.83 bits per heavy atom. The van der Waals surface area contributed by atoms with E-state index in [2.05, 4.69) is 15.6 Å². The molecule has 0 unspecified atom stereocenters. The number of nitrogens with two attached hydrogens (primary N) is 1. The summed E-state index contributed by atoms with van der Waals surface area (Å²) in [6, 6.07) is 9.72. The molecule has 0 bridgehead atoms. The van der Waals surface area contributed by atoms with Crippen LogP contribution in [0.3, 0.4) is 0 Å². The van der Waals surface area contributed by atoms with E-state index in [0.717, 1.165) is 6.42 Å². The second-order valence-electron chi connectivity index (χ2n) is 4.52. The fourth-order valence-electron chi connectivity index (χ4n) is 1.75. The molecule has 0 aliphatic rings. The van der Waals surface area contributed by atoms with E-state index < -0.39 is 5.82 Å². The molecule has 0 saturated heterocycles. The lowest BCUT2D eigenvalue weighted by Gasteiger charge is -2.06. The fourth-order valence-corrected chi connectivity index (χ4v) is 2.46. The highest BCUT2D eigenvalue weighted by molar-refractivity contribution is 14.0. The quantitative estimate of drug-likeness (QED) is 0.361. The largest absolute Gasteiger partial charge is 0.370 e. The van der Waals surface area contributed by atoms with Gasteiger partial charge in [0.25, 0.3) is 0 Å². The van der Waals surface area contributed by atoms with E-state index in [1.807, 2.05) is 17.5 Å². The number of guanidine groups is 1. The Labute approximate surface area is 155 Å². The number of carbonyl (C=O) groups excluding carboxylic acids is 1. The molecule has 124 valence electrons. The summed E-state index contributed by atoms with van der Waals surface area (Å²) in [4.78, 5) is 16.9. The zero-order chi connectivity index (χ0) is 15.8. The van der Waals surface area contributed by atoms with E-state index in [0.29, 0.717) is 12.2 Å². The smallest absolute Gasteiger partial charge is 0.246 e. The second kappa shape index (κ2) is 10.2. The standard InChI is InChI=1S/C15H17FN4OS.HI/c16-11-3-1-4-12(9-11)20-14(21)10-19-15(17)18-7-6-13-5-2-8-22-13;/h1-5,8-9H,6-7,10H2,(H,20,21)(H3,17,18,19);1H. The Morgan fingerprint density at radius 1 is 1.30 bits per heavy atom. The average Bonchev–Trinajstić information content (AvgIpc) is 2.98. The Hall–Kier alpha value is -1.68. The van der Waals surface area contributed by atoms with Crippen molar-refractivity contribution >= 4 is 52.9 Å². The van der Waals surface area contributed by atoms with Crippen LogP contribution in [0, 0.1) is 5.82 Å². The molecule has 0 fully saturated rings. The maximum atomic E-state index is 13.0. The lowest BCUT2D eigenvalue weighted by atomic mass is 10.3. The summed E-state index contributed by atoms with van der Waals surface area (Å²) in [5.41, 5.74) is 6.07. The minimum Gasteiger partial charge on any atom is -0.370 e. The molecule has 4 N–H and O–H groups in total. The third-order valence-corrected chi connectivity index (χ3v) is 3.70. The SMILES string of the molecule is I.NC(=NCC(=O)Nc1cccc(F)c1)NCCc1cccs1. The number of amides is 1. The summed E-state index contributed by atoms with van der Waals surface area (Å²) in [5.74, 6) is -0.546. The van der Waals surface area contributed by atoms with Crippen LogP contribution in [0.1, 0.15) is 4.88 Å². The van der Waals surface area contributed by atoms with E-state index in [1.165, 1.54) is 23.1 Å². The van der Waals surface area contributed by atoms with Crippen LogP contribution in [0.5, 0.6) is 0 Å². The number of thiophene rings is 1. The molecule has 8 heteroatoms. The molecule has 1 amide bonds. The number of nitrogens with one attached hydrogen (secondary N) is 2. The van der Waals surface area contributed by atoms with Crippen molar-refractivity contribution in [2.24, 2.45) is 10.7 Å². The minimum absolute atomic E-state index is 0. The highest BCUT2D eigenvalue weighted by atomic mass is 127. The molecule has 0 radical (unpaired) electrons. The van der Waals surface area contributed by atoms with Crippen LogP contribution in [-0.4, -0.2) is 25.0 Å². The Bertz CT molecular complexity index is 649. The lowest BCUT2D eigenvalue weighted by molar-refractivity contribution is -0.114. The van der Waals surface area contributed by atoms with E-state index >= 15 is 0 Å². The fraction of sp³-hybridized carbons (Fsp3) is 0.200. The summed E-state index contributed by atoms with van der Waals surface area (Å²) in [7, 11) is 0. The van der Waals surface area contributed by atoms with Crippen molar-refractivity contribution in [3.05, 3.63) is 52.5 Å². The third kappa shape index (κ3) is 7.42. The number of hydrogen-bond acceptors (Lipinski definition) is 3. The molecule has 5 nitrogen and oxygen atoms in total. The predicted octanol–water partition coefficient (Wildman–Crippen LogP) is 2.59. The summed E-state index contributed by atoms with van der Waals surface area (Å²) in [5, 5.41) is 7.51. The van der Waals surface area contributed by atoms with Crippen LogP contribution >= 0.6 is 35.3 Å². The molecule has 1 aromatic heterocycles. The maximum absolute atomic E-state index is 13.0. The first-order valence-corrected chi connectivity index (χ1v) is 7.63. The molecule has 1 aromatic carbocycles. The number of rotatable bonds is 6. The van der Waals surface area contributed by atoms with Gasteiger partial charge in [0.2, 0.25) is 5.91 Å². The first-order chi connectivity index (χ1) is 10.6. The number of nitrogens with zero attached hydrogens (tertiary/aromatic N) is 1. The maximum Gasteiger partial charge on any atom is 0.246 e. The first kappa shape index (κ1) is 19.4. The molecule has 23 heavy (non-hydrogen) atoms. The van der Waals surface area contributed by atoms with E-state index in [4.69, 9.17) is 5.73 Å². The molecule has 2 rings (SSSR count).